The van der Waals surface area contributed by atoms with E-state index >= 15 is 0 Å². The standard InChI is InChI=1S/C32H54N6O7S/c1-22(2)19-38(28(40)25-18-34-29(31(3,4)5)35-26(25)33-11-10-14-44-9)24-17-23(20-37(21-24)30(41)45-32(6,7)8)27(39)36-12-15-46(42,43)16-13-36/h18,22-24H,10-17,19-21H2,1-9H3,(H,33,34,35)/t23-,24+/m1/s1. The Hall–Kier alpha value is -3.00. The Bertz CT molecular complexity index is 1330. The molecule has 1 aromatic rings. The van der Waals surface area contributed by atoms with E-state index in [9.17, 15) is 22.8 Å². The molecule has 13 nitrogen and oxygen atoms in total. The largest absolute Gasteiger partial charge is 0.444 e. The molecule has 0 saturated carbocycles. The summed E-state index contributed by atoms with van der Waals surface area (Å²) in [4.78, 5) is 55.8. The Morgan fingerprint density at radius 3 is 2.28 bits per heavy atom. The fraction of sp³-hybridized carbons (Fsp3) is 0.781. The number of methoxy groups -OCH3 is 1. The van der Waals surface area contributed by atoms with Gasteiger partial charge in [0.2, 0.25) is 5.91 Å². The van der Waals surface area contributed by atoms with E-state index < -0.39 is 33.5 Å². The number of amides is 3. The number of nitrogens with one attached hydrogen (secondary N) is 1. The lowest BCUT2D eigenvalue weighted by Gasteiger charge is -2.44. The van der Waals surface area contributed by atoms with Crippen molar-refractivity contribution >= 4 is 33.6 Å². The fourth-order valence-corrected chi connectivity index (χ4v) is 6.75. The van der Waals surface area contributed by atoms with Gasteiger partial charge in [-0.3, -0.25) is 9.59 Å². The van der Waals surface area contributed by atoms with Crippen molar-refractivity contribution in [2.45, 2.75) is 85.3 Å². The molecule has 1 N–H and O–H groups in total. The molecule has 0 spiro atoms. The Morgan fingerprint density at radius 2 is 1.72 bits per heavy atom. The minimum absolute atomic E-state index is 0.0789. The van der Waals surface area contributed by atoms with Gasteiger partial charge in [-0.15, -0.1) is 0 Å². The van der Waals surface area contributed by atoms with Crippen molar-refractivity contribution in [3.05, 3.63) is 17.6 Å². The lowest BCUT2D eigenvalue weighted by Crippen LogP contribution is -2.58. The van der Waals surface area contributed by atoms with E-state index in [0.29, 0.717) is 49.7 Å². The van der Waals surface area contributed by atoms with Gasteiger partial charge in [0.15, 0.2) is 9.84 Å². The molecule has 14 heteroatoms. The minimum atomic E-state index is -3.19. The highest BCUT2D eigenvalue weighted by Gasteiger charge is 2.42. The molecule has 1 aromatic heterocycles. The summed E-state index contributed by atoms with van der Waals surface area (Å²) in [5.41, 5.74) is -0.793. The summed E-state index contributed by atoms with van der Waals surface area (Å²) in [7, 11) is -1.55. The van der Waals surface area contributed by atoms with E-state index in [1.54, 1.807) is 43.9 Å². The van der Waals surface area contributed by atoms with Crippen LogP contribution in [0.3, 0.4) is 0 Å². The van der Waals surface area contributed by atoms with E-state index in [-0.39, 0.29) is 60.8 Å². The number of nitrogens with zero attached hydrogens (tertiary/aromatic N) is 5. The van der Waals surface area contributed by atoms with Gasteiger partial charge >= 0.3 is 6.09 Å². The first kappa shape index (κ1) is 37.5. The highest BCUT2D eigenvalue weighted by molar-refractivity contribution is 7.91. The first-order chi connectivity index (χ1) is 21.3. The molecule has 2 aliphatic heterocycles. The number of anilines is 1. The summed E-state index contributed by atoms with van der Waals surface area (Å²) >= 11 is 0. The van der Waals surface area contributed by atoms with Gasteiger partial charge in [0.25, 0.3) is 5.91 Å². The molecule has 2 saturated heterocycles. The Morgan fingerprint density at radius 1 is 1.07 bits per heavy atom. The van der Waals surface area contributed by atoms with Gasteiger partial charge in [-0.25, -0.2) is 23.2 Å². The van der Waals surface area contributed by atoms with Crippen molar-refractivity contribution in [3.63, 3.8) is 0 Å². The van der Waals surface area contributed by atoms with Crippen molar-refractivity contribution in [3.8, 4) is 0 Å². The third kappa shape index (κ3) is 10.5. The number of rotatable bonds is 10. The highest BCUT2D eigenvalue weighted by atomic mass is 32.2. The number of piperidine rings is 1. The molecule has 0 radical (unpaired) electrons. The van der Waals surface area contributed by atoms with Crippen molar-refractivity contribution in [2.24, 2.45) is 11.8 Å². The second-order valence-corrected chi connectivity index (χ2v) is 17.1. The first-order valence-corrected chi connectivity index (χ1v) is 18.0. The molecule has 0 aromatic carbocycles. The topological polar surface area (TPSA) is 151 Å². The smallest absolute Gasteiger partial charge is 0.410 e. The number of likely N-dealkylation sites (tertiary alicyclic amines) is 1. The molecular formula is C32H54N6O7S. The van der Waals surface area contributed by atoms with Gasteiger partial charge in [-0.1, -0.05) is 34.6 Å². The molecule has 3 rings (SSSR count). The van der Waals surface area contributed by atoms with Crippen molar-refractivity contribution in [2.75, 3.05) is 69.8 Å². The Labute approximate surface area is 274 Å². The van der Waals surface area contributed by atoms with Gasteiger partial charge < -0.3 is 29.5 Å². The van der Waals surface area contributed by atoms with Crippen LogP contribution in [-0.4, -0.2) is 127 Å². The summed E-state index contributed by atoms with van der Waals surface area (Å²) in [6, 6.07) is -0.512. The fourth-order valence-electron chi connectivity index (χ4n) is 5.55. The van der Waals surface area contributed by atoms with E-state index in [0.717, 1.165) is 0 Å². The molecule has 3 heterocycles. The third-order valence-corrected chi connectivity index (χ3v) is 9.47. The number of carbonyl (C=O) groups is 3. The van der Waals surface area contributed by atoms with Crippen LogP contribution in [0.5, 0.6) is 0 Å². The van der Waals surface area contributed by atoms with Gasteiger partial charge in [0.05, 0.1) is 23.5 Å². The highest BCUT2D eigenvalue weighted by Crippen LogP contribution is 2.29. The van der Waals surface area contributed by atoms with Gasteiger partial charge in [0.1, 0.15) is 22.8 Å². The lowest BCUT2D eigenvalue weighted by molar-refractivity contribution is -0.137. The SMILES string of the molecule is COCCCNc1nc(C(C)(C)C)ncc1C(=O)N(CC(C)C)[C@H]1C[C@@H](C(=O)N2CCS(=O)(=O)CC2)CN(C(=O)OC(C)(C)C)C1. The molecule has 46 heavy (non-hydrogen) atoms. The number of aromatic nitrogens is 2. The molecule has 2 fully saturated rings. The van der Waals surface area contributed by atoms with Crippen LogP contribution in [0.4, 0.5) is 10.6 Å². The van der Waals surface area contributed by atoms with Crippen molar-refractivity contribution < 1.29 is 32.3 Å². The zero-order valence-electron chi connectivity index (χ0n) is 29.1. The molecule has 2 aliphatic rings. The second-order valence-electron chi connectivity index (χ2n) is 14.8. The second kappa shape index (κ2) is 15.3. The van der Waals surface area contributed by atoms with Crippen LogP contribution in [0.25, 0.3) is 0 Å². The predicted octanol–water partition coefficient (Wildman–Crippen LogP) is 3.20. The van der Waals surface area contributed by atoms with Crippen molar-refractivity contribution in [1.29, 1.82) is 0 Å². The van der Waals surface area contributed by atoms with Crippen LogP contribution in [0.2, 0.25) is 0 Å². The van der Waals surface area contributed by atoms with Gasteiger partial charge in [0, 0.05) is 64.6 Å². The third-order valence-electron chi connectivity index (χ3n) is 7.86. The van der Waals surface area contributed by atoms with Crippen LogP contribution in [0, 0.1) is 11.8 Å². The molecule has 260 valence electrons. The predicted molar refractivity (Wildman–Crippen MR) is 177 cm³/mol. The summed E-state index contributed by atoms with van der Waals surface area (Å²) in [5, 5.41) is 3.31. The van der Waals surface area contributed by atoms with Gasteiger partial charge in [-0.05, 0) is 39.5 Å². The quantitative estimate of drug-likeness (QED) is 0.369. The monoisotopic (exact) mass is 666 g/mol. The lowest BCUT2D eigenvalue weighted by atomic mass is 9.91. The van der Waals surface area contributed by atoms with Crippen LogP contribution in [0.15, 0.2) is 6.20 Å². The zero-order chi connectivity index (χ0) is 34.4. The minimum Gasteiger partial charge on any atom is -0.444 e. The average Bonchev–Trinajstić information content (AvgIpc) is 2.95. The van der Waals surface area contributed by atoms with E-state index in [1.165, 1.54) is 4.90 Å². The zero-order valence-corrected chi connectivity index (χ0v) is 29.9. The molecule has 0 bridgehead atoms. The summed E-state index contributed by atoms with van der Waals surface area (Å²) in [6.07, 6.45) is 2.03. The van der Waals surface area contributed by atoms with E-state index in [1.807, 2.05) is 34.6 Å². The molecule has 0 aliphatic carbocycles. The molecule has 0 unspecified atom stereocenters. The van der Waals surface area contributed by atoms with Crippen molar-refractivity contribution in [1.82, 2.24) is 24.7 Å². The molecule has 2 atom stereocenters. The normalized spacial score (nSPS) is 20.4. The first-order valence-electron chi connectivity index (χ1n) is 16.2. The average molecular weight is 667 g/mol. The number of sulfone groups is 1. The summed E-state index contributed by atoms with van der Waals surface area (Å²) in [6.45, 7) is 17.4. The van der Waals surface area contributed by atoms with Crippen LogP contribution in [0.1, 0.15) is 84.4 Å². The molecular weight excluding hydrogens is 612 g/mol. The maximum absolute atomic E-state index is 14.5. The number of carbonyl (C=O) groups excluding carboxylic acids is 3. The van der Waals surface area contributed by atoms with Crippen LogP contribution >= 0.6 is 0 Å². The maximum atomic E-state index is 14.5. The van der Waals surface area contributed by atoms with Crippen LogP contribution < -0.4 is 5.32 Å². The summed E-state index contributed by atoms with van der Waals surface area (Å²) < 4.78 is 35.0. The number of hydrogen-bond acceptors (Lipinski definition) is 10. The van der Waals surface area contributed by atoms with Crippen LogP contribution in [-0.2, 0) is 29.5 Å². The van der Waals surface area contributed by atoms with Gasteiger partial charge in [-0.2, -0.15) is 0 Å². The Kier molecular flexibility index (Phi) is 12.4. The van der Waals surface area contributed by atoms with E-state index in [4.69, 9.17) is 14.5 Å². The molecule has 3 amide bonds. The number of hydrogen-bond donors (Lipinski definition) is 1. The van der Waals surface area contributed by atoms with E-state index in [2.05, 4.69) is 10.3 Å². The maximum Gasteiger partial charge on any atom is 0.410 e. The Balaban J connectivity index is 2.00. The number of ether oxygens (including phenoxy) is 2. The summed E-state index contributed by atoms with van der Waals surface area (Å²) in [5.74, 6) is -0.233.